The van der Waals surface area contributed by atoms with Crippen molar-refractivity contribution in [1.82, 2.24) is 10.3 Å². The van der Waals surface area contributed by atoms with Crippen molar-refractivity contribution in [2.24, 2.45) is 12.0 Å². The molecule has 30 heavy (non-hydrogen) atoms. The van der Waals surface area contributed by atoms with Gasteiger partial charge in [0.15, 0.2) is 17.5 Å². The molecule has 2 aromatic heterocycles. The number of para-hydroxylation sites is 1. The van der Waals surface area contributed by atoms with Gasteiger partial charge in [0.05, 0.1) is 17.1 Å². The number of pyridine rings is 1. The average Bonchev–Trinajstić information content (AvgIpc) is 3.30. The Balaban J connectivity index is 1.55. The first-order chi connectivity index (χ1) is 14.6. The van der Waals surface area contributed by atoms with Crippen molar-refractivity contribution in [2.75, 3.05) is 16.0 Å². The molecule has 1 aliphatic rings. The quantitative estimate of drug-likeness (QED) is 0.499. The Bertz CT molecular complexity index is 1130. The molecular weight excluding hydrogens is 404 g/mol. The van der Waals surface area contributed by atoms with Gasteiger partial charge in [0, 0.05) is 6.20 Å². The van der Waals surface area contributed by atoms with Crippen LogP contribution in [0, 0.1) is 0 Å². The van der Waals surface area contributed by atoms with Crippen molar-refractivity contribution in [3.63, 3.8) is 0 Å². The molecule has 0 saturated heterocycles. The number of rotatable bonds is 5. The molecule has 1 aliphatic heterocycles. The van der Waals surface area contributed by atoms with Gasteiger partial charge in [-0.3, -0.25) is 29.3 Å². The van der Waals surface area contributed by atoms with Crippen molar-refractivity contribution in [3.8, 4) is 0 Å². The van der Waals surface area contributed by atoms with E-state index in [4.69, 9.17) is 4.52 Å². The molecule has 9 nitrogen and oxygen atoms in total. The number of amides is 2. The molecule has 0 fully saturated rings. The van der Waals surface area contributed by atoms with E-state index in [1.165, 1.54) is 9.58 Å². The summed E-state index contributed by atoms with van der Waals surface area (Å²) < 4.78 is 6.40. The molecule has 0 bridgehead atoms. The third-order valence-electron chi connectivity index (χ3n) is 3.98. The fraction of sp³-hybridized carbons (Fsp3) is 0.100. The number of thioether (sulfide) groups is 1. The fourth-order valence-corrected chi connectivity index (χ4v) is 3.50. The summed E-state index contributed by atoms with van der Waals surface area (Å²) in [5.74, 6) is -0.307. The van der Waals surface area contributed by atoms with Crippen LogP contribution in [0.25, 0.3) is 6.08 Å². The third-order valence-corrected chi connectivity index (χ3v) is 4.92. The van der Waals surface area contributed by atoms with Gasteiger partial charge in [-0.05, 0) is 30.3 Å². The molecule has 0 atom stereocenters. The van der Waals surface area contributed by atoms with E-state index >= 15 is 0 Å². The molecule has 150 valence electrons. The lowest BCUT2D eigenvalue weighted by Crippen LogP contribution is -2.31. The van der Waals surface area contributed by atoms with E-state index in [0.717, 1.165) is 11.8 Å². The first kappa shape index (κ1) is 19.5. The maximum atomic E-state index is 13.0. The monoisotopic (exact) mass is 421 g/mol. The van der Waals surface area contributed by atoms with Gasteiger partial charge >= 0.3 is 5.88 Å². The predicted octanol–water partition coefficient (Wildman–Crippen LogP) is 2.01. The number of benzene rings is 1. The number of aryl methyl sites for hydroxylation is 1. The summed E-state index contributed by atoms with van der Waals surface area (Å²) in [6.45, 7) is 0. The minimum Gasteiger partial charge on any atom is -0.288 e. The van der Waals surface area contributed by atoms with Crippen LogP contribution in [0.5, 0.6) is 0 Å². The summed E-state index contributed by atoms with van der Waals surface area (Å²) in [5.41, 5.74) is 1.54. The Kier molecular flexibility index (Phi) is 5.66. The molecule has 0 aliphatic carbocycles. The second-order valence-corrected chi connectivity index (χ2v) is 7.17. The Morgan fingerprint density at radius 3 is 2.73 bits per heavy atom. The van der Waals surface area contributed by atoms with Crippen LogP contribution in [0.4, 0.5) is 11.6 Å². The normalized spacial score (nSPS) is 14.8. The highest BCUT2D eigenvalue weighted by atomic mass is 32.2. The lowest BCUT2D eigenvalue weighted by Gasteiger charge is -2.17. The number of anilines is 2. The zero-order valence-electron chi connectivity index (χ0n) is 15.9. The number of hydrogen-bond acceptors (Lipinski definition) is 7. The van der Waals surface area contributed by atoms with Crippen LogP contribution in [0.3, 0.4) is 0 Å². The summed E-state index contributed by atoms with van der Waals surface area (Å²) in [7, 11) is 1.68. The number of nitrogens with zero attached hydrogens (tertiary/aromatic N) is 5. The molecular formula is C20H17N6O3S+. The maximum Gasteiger partial charge on any atom is 0.302 e. The molecule has 2 amide bonds. The largest absolute Gasteiger partial charge is 0.302 e. The Morgan fingerprint density at radius 1 is 1.23 bits per heavy atom. The molecule has 3 aromatic rings. The number of hydrogen-bond donors (Lipinski definition) is 1. The Hall–Kier alpha value is -3.79. The van der Waals surface area contributed by atoms with Crippen molar-refractivity contribution >= 4 is 46.4 Å². The van der Waals surface area contributed by atoms with E-state index in [-0.39, 0.29) is 29.1 Å². The highest BCUT2D eigenvalue weighted by Gasteiger charge is 2.32. The van der Waals surface area contributed by atoms with Crippen LogP contribution in [0.1, 0.15) is 5.69 Å². The average molecular weight is 421 g/mol. The van der Waals surface area contributed by atoms with Gasteiger partial charge in [-0.25, -0.2) is 4.99 Å². The van der Waals surface area contributed by atoms with Crippen LogP contribution in [-0.4, -0.2) is 33.0 Å². The summed E-state index contributed by atoms with van der Waals surface area (Å²) >= 11 is 1.15. The van der Waals surface area contributed by atoms with E-state index in [1.807, 2.05) is 36.4 Å². The van der Waals surface area contributed by atoms with Crippen LogP contribution < -0.4 is 14.9 Å². The lowest BCUT2D eigenvalue weighted by atomic mass is 10.2. The van der Waals surface area contributed by atoms with Gasteiger partial charge in [0.25, 0.3) is 12.1 Å². The number of aromatic nitrogens is 3. The molecule has 0 radical (unpaired) electrons. The van der Waals surface area contributed by atoms with Crippen LogP contribution in [0.2, 0.25) is 0 Å². The van der Waals surface area contributed by atoms with E-state index in [9.17, 15) is 9.59 Å². The van der Waals surface area contributed by atoms with Crippen molar-refractivity contribution in [1.29, 1.82) is 0 Å². The fourth-order valence-electron chi connectivity index (χ4n) is 2.68. The Morgan fingerprint density at radius 2 is 2.03 bits per heavy atom. The number of carbonyl (C=O) groups excluding carboxylic acids is 2. The Labute approximate surface area is 176 Å². The van der Waals surface area contributed by atoms with Crippen LogP contribution in [-0.2, 0) is 16.6 Å². The first-order valence-electron chi connectivity index (χ1n) is 8.96. The van der Waals surface area contributed by atoms with Gasteiger partial charge < -0.3 is 0 Å². The van der Waals surface area contributed by atoms with Gasteiger partial charge in [-0.2, -0.15) is 0 Å². The topological polar surface area (TPSA) is 105 Å². The molecule has 0 unspecified atom stereocenters. The molecule has 3 heterocycles. The standard InChI is InChI=1S/C20H16N6O3S/c1-25-12-18(29-24-25)23-17(27)13-30-20-22-16(11-14-7-5-6-10-21-14)19(28)26(20)15-8-3-2-4-9-15/h2-12H,13H2,1H3/p+1/b16-11+. The zero-order chi connectivity index (χ0) is 20.9. The van der Waals surface area contributed by atoms with E-state index in [2.05, 4.69) is 20.6 Å². The van der Waals surface area contributed by atoms with Crippen molar-refractivity contribution in [3.05, 3.63) is 72.3 Å². The maximum absolute atomic E-state index is 13.0. The third kappa shape index (κ3) is 4.44. The minimum absolute atomic E-state index is 0.0384. The van der Waals surface area contributed by atoms with Crippen LogP contribution in [0.15, 0.2) is 76.1 Å². The summed E-state index contributed by atoms with van der Waals surface area (Å²) in [5, 5.41) is 6.67. The molecule has 0 spiro atoms. The minimum atomic E-state index is -0.304. The summed E-state index contributed by atoms with van der Waals surface area (Å²) in [6.07, 6.45) is 4.82. The lowest BCUT2D eigenvalue weighted by molar-refractivity contribution is -0.739. The second kappa shape index (κ2) is 8.70. The number of aliphatic imine (C=N–C) groups is 1. The van der Waals surface area contributed by atoms with Gasteiger partial charge in [0.2, 0.25) is 5.91 Å². The van der Waals surface area contributed by atoms with Gasteiger partial charge in [-0.15, -0.1) is 0 Å². The zero-order valence-corrected chi connectivity index (χ0v) is 16.7. The number of amidine groups is 1. The predicted molar refractivity (Wildman–Crippen MR) is 112 cm³/mol. The molecule has 1 N–H and O–H groups in total. The molecule has 10 heteroatoms. The first-order valence-corrected chi connectivity index (χ1v) is 9.95. The highest BCUT2D eigenvalue weighted by Crippen LogP contribution is 2.29. The van der Waals surface area contributed by atoms with Crippen molar-refractivity contribution < 1.29 is 18.8 Å². The molecule has 0 saturated carbocycles. The number of carbonyl (C=O) groups is 2. The highest BCUT2D eigenvalue weighted by molar-refractivity contribution is 8.14. The van der Waals surface area contributed by atoms with Gasteiger partial charge in [-0.1, -0.05) is 40.7 Å². The summed E-state index contributed by atoms with van der Waals surface area (Å²) in [6, 6.07) is 14.6. The molecule has 1 aromatic carbocycles. The van der Waals surface area contributed by atoms with Crippen molar-refractivity contribution in [2.45, 2.75) is 0 Å². The van der Waals surface area contributed by atoms with Crippen LogP contribution >= 0.6 is 11.8 Å². The van der Waals surface area contributed by atoms with E-state index in [1.54, 1.807) is 37.7 Å². The smallest absolute Gasteiger partial charge is 0.288 e. The SMILES string of the molecule is C[n+]1cc(NC(=O)CSC2=N/C(=C/c3ccccn3)C(=O)N2c2ccccc2)on1. The second-order valence-electron chi connectivity index (χ2n) is 6.23. The summed E-state index contributed by atoms with van der Waals surface area (Å²) in [4.78, 5) is 35.5. The van der Waals surface area contributed by atoms with Gasteiger partial charge in [0.1, 0.15) is 5.70 Å². The van der Waals surface area contributed by atoms with E-state index < -0.39 is 0 Å². The number of nitrogens with one attached hydrogen (secondary N) is 1. The van der Waals surface area contributed by atoms with E-state index in [0.29, 0.717) is 16.5 Å². The molecule has 4 rings (SSSR count).